The number of aliphatic hydroxyl groups is 1. The summed E-state index contributed by atoms with van der Waals surface area (Å²) in [5, 5.41) is 18.8. The molecule has 0 saturated heterocycles. The predicted molar refractivity (Wildman–Crippen MR) is 133 cm³/mol. The maximum Gasteiger partial charge on any atom is 0.256 e. The van der Waals surface area contributed by atoms with Crippen molar-refractivity contribution in [3.63, 3.8) is 0 Å². The lowest BCUT2D eigenvalue weighted by Gasteiger charge is -2.12. The molecule has 1 unspecified atom stereocenters. The Morgan fingerprint density at radius 3 is 2.69 bits per heavy atom. The summed E-state index contributed by atoms with van der Waals surface area (Å²) in [6.45, 7) is 2.25. The molecule has 3 aromatic rings. The van der Waals surface area contributed by atoms with Crippen LogP contribution >= 0.6 is 0 Å². The molecule has 1 fully saturated rings. The smallest absolute Gasteiger partial charge is 0.256 e. The second kappa shape index (κ2) is 9.67. The quantitative estimate of drug-likeness (QED) is 0.310. The van der Waals surface area contributed by atoms with E-state index in [9.17, 15) is 23.5 Å². The first-order valence-electron chi connectivity index (χ1n) is 11.8. The van der Waals surface area contributed by atoms with Gasteiger partial charge in [0.1, 0.15) is 0 Å². The Kier molecular flexibility index (Phi) is 6.42. The second-order valence-corrected chi connectivity index (χ2v) is 9.17. The van der Waals surface area contributed by atoms with E-state index in [2.05, 4.69) is 20.9 Å². The Hall–Kier alpha value is -3.82. The summed E-state index contributed by atoms with van der Waals surface area (Å²) in [5.41, 5.74) is 2.89. The molecule has 0 bridgehead atoms. The van der Waals surface area contributed by atoms with Gasteiger partial charge in [-0.05, 0) is 49.6 Å². The molecule has 5 N–H and O–H groups in total. The molecule has 7 nitrogen and oxygen atoms in total. The zero-order valence-electron chi connectivity index (χ0n) is 19.6. The molecule has 5 rings (SSSR count). The topological polar surface area (TPSA) is 106 Å². The molecule has 1 saturated carbocycles. The molecule has 1 atom stereocenters. The first-order valence-corrected chi connectivity index (χ1v) is 11.8. The van der Waals surface area contributed by atoms with Gasteiger partial charge in [0.25, 0.3) is 11.8 Å². The molecule has 1 aromatic heterocycles. The fourth-order valence-electron chi connectivity index (χ4n) is 4.35. The van der Waals surface area contributed by atoms with Crippen LogP contribution in [0, 0.1) is 18.6 Å². The summed E-state index contributed by atoms with van der Waals surface area (Å²) in [6.07, 6.45) is 3.01. The second-order valence-electron chi connectivity index (χ2n) is 9.17. The number of nitrogens with one attached hydrogen (secondary N) is 4. The Morgan fingerprint density at radius 2 is 1.92 bits per heavy atom. The molecule has 1 aliphatic carbocycles. The summed E-state index contributed by atoms with van der Waals surface area (Å²) >= 11 is 0. The highest BCUT2D eigenvalue weighted by Gasteiger charge is 2.29. The van der Waals surface area contributed by atoms with Gasteiger partial charge in [0.2, 0.25) is 0 Å². The molecular formula is C27H26F2N4O3. The summed E-state index contributed by atoms with van der Waals surface area (Å²) in [4.78, 5) is 28.9. The van der Waals surface area contributed by atoms with Crippen LogP contribution in [-0.4, -0.2) is 47.1 Å². The number of carbonyl (C=O) groups is 2. The normalized spacial score (nSPS) is 16.7. The van der Waals surface area contributed by atoms with Crippen LogP contribution in [0.4, 0.5) is 14.5 Å². The number of anilines is 1. The van der Waals surface area contributed by atoms with E-state index in [0.29, 0.717) is 46.4 Å². The van der Waals surface area contributed by atoms with Gasteiger partial charge in [-0.25, -0.2) is 8.78 Å². The SMILES string of the molecule is Cc1cc(C(=O)NCC(O)CNC2CC2)c(/C=C2\C(=O)Nc3cccc(-c4cccc(F)c4F)c32)[nH]1. The fourth-order valence-corrected chi connectivity index (χ4v) is 4.35. The van der Waals surface area contributed by atoms with Crippen LogP contribution in [-0.2, 0) is 4.79 Å². The largest absolute Gasteiger partial charge is 0.390 e. The number of halogens is 2. The number of aryl methyl sites for hydroxylation is 1. The molecule has 2 aromatic carbocycles. The van der Waals surface area contributed by atoms with Crippen LogP contribution in [0.3, 0.4) is 0 Å². The minimum absolute atomic E-state index is 0.0312. The summed E-state index contributed by atoms with van der Waals surface area (Å²) in [6, 6.07) is 11.0. The van der Waals surface area contributed by atoms with E-state index < -0.39 is 29.6 Å². The van der Waals surface area contributed by atoms with Crippen LogP contribution in [0.2, 0.25) is 0 Å². The predicted octanol–water partition coefficient (Wildman–Crippen LogP) is 3.60. The lowest BCUT2D eigenvalue weighted by atomic mass is 9.93. The Balaban J connectivity index is 1.45. The van der Waals surface area contributed by atoms with Crippen molar-refractivity contribution in [2.45, 2.75) is 31.9 Å². The lowest BCUT2D eigenvalue weighted by Crippen LogP contribution is -2.38. The van der Waals surface area contributed by atoms with Gasteiger partial charge in [0, 0.05) is 41.6 Å². The van der Waals surface area contributed by atoms with Crippen molar-refractivity contribution in [3.8, 4) is 11.1 Å². The molecule has 186 valence electrons. The highest BCUT2D eigenvalue weighted by Crippen LogP contribution is 2.41. The highest BCUT2D eigenvalue weighted by atomic mass is 19.2. The average Bonchev–Trinajstić information content (AvgIpc) is 3.54. The van der Waals surface area contributed by atoms with Gasteiger partial charge < -0.3 is 26.0 Å². The monoisotopic (exact) mass is 492 g/mol. The zero-order chi connectivity index (χ0) is 25.4. The van der Waals surface area contributed by atoms with Crippen molar-refractivity contribution >= 4 is 29.2 Å². The number of aromatic amines is 1. The van der Waals surface area contributed by atoms with Gasteiger partial charge in [-0.3, -0.25) is 9.59 Å². The zero-order valence-corrected chi connectivity index (χ0v) is 19.6. The van der Waals surface area contributed by atoms with Crippen LogP contribution in [0.1, 0.15) is 40.2 Å². The van der Waals surface area contributed by atoms with Gasteiger partial charge in [0.15, 0.2) is 11.6 Å². The molecule has 2 heterocycles. The van der Waals surface area contributed by atoms with E-state index in [4.69, 9.17) is 0 Å². The summed E-state index contributed by atoms with van der Waals surface area (Å²) < 4.78 is 28.6. The van der Waals surface area contributed by atoms with Crippen molar-refractivity contribution in [3.05, 3.63) is 76.6 Å². The summed E-state index contributed by atoms with van der Waals surface area (Å²) in [5.74, 6) is -2.81. The minimum atomic E-state index is -1.00. The van der Waals surface area contributed by atoms with Gasteiger partial charge >= 0.3 is 0 Å². The van der Waals surface area contributed by atoms with E-state index in [1.54, 1.807) is 31.2 Å². The third-order valence-electron chi connectivity index (χ3n) is 6.30. The third kappa shape index (κ3) is 4.80. The highest BCUT2D eigenvalue weighted by molar-refractivity contribution is 6.36. The number of amides is 2. The molecule has 0 spiro atoms. The molecular weight excluding hydrogens is 466 g/mol. The van der Waals surface area contributed by atoms with Crippen LogP contribution in [0.25, 0.3) is 22.8 Å². The number of H-pyrrole nitrogens is 1. The Labute approximate surface area is 206 Å². The molecule has 0 radical (unpaired) electrons. The average molecular weight is 493 g/mol. The van der Waals surface area contributed by atoms with Crippen LogP contribution < -0.4 is 16.0 Å². The minimum Gasteiger partial charge on any atom is -0.390 e. The molecule has 2 aliphatic rings. The van der Waals surface area contributed by atoms with E-state index in [-0.39, 0.29) is 17.7 Å². The number of aromatic nitrogens is 1. The standard InChI is InChI=1S/C27H26F2N4O3/c1-14-10-19(26(35)31-13-16(34)12-30-15-8-9-15)23(32-14)11-20-24-17(4-3-7-22(24)33-27(20)36)18-5-2-6-21(28)25(18)29/h2-7,10-11,15-16,30,32,34H,8-9,12-13H2,1H3,(H,31,35)(H,33,36)/b20-11-. The maximum atomic E-state index is 14.6. The van der Waals surface area contributed by atoms with Crippen LogP contribution in [0.5, 0.6) is 0 Å². The number of hydrogen-bond donors (Lipinski definition) is 5. The number of benzene rings is 2. The summed E-state index contributed by atoms with van der Waals surface area (Å²) in [7, 11) is 0. The van der Waals surface area contributed by atoms with Crippen molar-refractivity contribution in [2.24, 2.45) is 0 Å². The molecule has 2 amide bonds. The first-order chi connectivity index (χ1) is 17.3. The van der Waals surface area contributed by atoms with Gasteiger partial charge in [0.05, 0.1) is 22.9 Å². The van der Waals surface area contributed by atoms with Crippen molar-refractivity contribution in [2.75, 3.05) is 18.4 Å². The number of rotatable bonds is 8. The number of aliphatic hydroxyl groups excluding tert-OH is 1. The van der Waals surface area contributed by atoms with Gasteiger partial charge in [-0.1, -0.05) is 24.3 Å². The van der Waals surface area contributed by atoms with E-state index in [1.165, 1.54) is 18.2 Å². The van der Waals surface area contributed by atoms with Crippen molar-refractivity contribution < 1.29 is 23.5 Å². The van der Waals surface area contributed by atoms with Gasteiger partial charge in [-0.15, -0.1) is 0 Å². The van der Waals surface area contributed by atoms with E-state index >= 15 is 0 Å². The Bertz CT molecular complexity index is 1380. The van der Waals surface area contributed by atoms with Gasteiger partial charge in [-0.2, -0.15) is 0 Å². The van der Waals surface area contributed by atoms with Crippen molar-refractivity contribution in [1.29, 1.82) is 0 Å². The molecule has 36 heavy (non-hydrogen) atoms. The first kappa shape index (κ1) is 23.9. The van der Waals surface area contributed by atoms with E-state index in [0.717, 1.165) is 18.9 Å². The molecule has 1 aliphatic heterocycles. The van der Waals surface area contributed by atoms with Crippen molar-refractivity contribution in [1.82, 2.24) is 15.6 Å². The van der Waals surface area contributed by atoms with E-state index in [1.807, 2.05) is 0 Å². The lowest BCUT2D eigenvalue weighted by molar-refractivity contribution is -0.110. The number of fused-ring (bicyclic) bond motifs is 1. The third-order valence-corrected chi connectivity index (χ3v) is 6.30. The molecule has 9 heteroatoms. The maximum absolute atomic E-state index is 14.6. The number of hydrogen-bond acceptors (Lipinski definition) is 4. The van der Waals surface area contributed by atoms with Crippen LogP contribution in [0.15, 0.2) is 42.5 Å². The Morgan fingerprint density at radius 1 is 1.17 bits per heavy atom. The number of carbonyl (C=O) groups excluding carboxylic acids is 2. The fraction of sp³-hybridized carbons (Fsp3) is 0.259.